The molecule has 0 N–H and O–H groups in total. The quantitative estimate of drug-likeness (QED) is 0.460. The van der Waals surface area contributed by atoms with E-state index >= 15 is 0 Å². The molecule has 0 nitrogen and oxygen atoms in total. The molecular formula is C11H15. The minimum absolute atomic E-state index is 1.08. The van der Waals surface area contributed by atoms with Gasteiger partial charge in [0.2, 0.25) is 0 Å². The van der Waals surface area contributed by atoms with Crippen LogP contribution in [0.5, 0.6) is 0 Å². The lowest BCUT2D eigenvalue weighted by Gasteiger charge is -1.84. The monoisotopic (exact) mass is 147 g/mol. The second-order valence-electron chi connectivity index (χ2n) is 2.70. The van der Waals surface area contributed by atoms with Crippen molar-refractivity contribution in [3.63, 3.8) is 0 Å². The van der Waals surface area contributed by atoms with Crippen molar-refractivity contribution in [1.82, 2.24) is 0 Å². The smallest absolute Gasteiger partial charge is 0.0169 e. The van der Waals surface area contributed by atoms with Crippen molar-refractivity contribution >= 4 is 0 Å². The minimum atomic E-state index is 1.08. The Kier molecular flexibility index (Phi) is 4.51. The molecule has 0 fully saturated rings. The topological polar surface area (TPSA) is 0 Å². The van der Waals surface area contributed by atoms with Crippen LogP contribution in [-0.4, -0.2) is 0 Å². The molecule has 0 heterocycles. The van der Waals surface area contributed by atoms with Gasteiger partial charge in [0, 0.05) is 0 Å². The van der Waals surface area contributed by atoms with Crippen LogP contribution in [0.4, 0.5) is 0 Å². The van der Waals surface area contributed by atoms with Crippen LogP contribution in [0.3, 0.4) is 0 Å². The van der Waals surface area contributed by atoms with E-state index < -0.39 is 0 Å². The molecule has 1 aliphatic rings. The highest BCUT2D eigenvalue weighted by Gasteiger charge is 1.81. The molecule has 0 spiro atoms. The summed E-state index contributed by atoms with van der Waals surface area (Å²) in [6, 6.07) is 0. The maximum absolute atomic E-state index is 3.27. The molecule has 0 amide bonds. The SMILES string of the molecule is [C]1=C\CC/C=C\C/C=C/CC/1. The number of rotatable bonds is 0. The van der Waals surface area contributed by atoms with E-state index in [4.69, 9.17) is 0 Å². The number of hydrogen-bond acceptors (Lipinski definition) is 0. The van der Waals surface area contributed by atoms with Gasteiger partial charge in [0.1, 0.15) is 0 Å². The van der Waals surface area contributed by atoms with Crippen molar-refractivity contribution in [1.29, 1.82) is 0 Å². The molecule has 1 rings (SSSR count). The molecule has 11 heavy (non-hydrogen) atoms. The molecule has 0 unspecified atom stereocenters. The van der Waals surface area contributed by atoms with Crippen LogP contribution in [0, 0.1) is 6.08 Å². The van der Waals surface area contributed by atoms with E-state index in [9.17, 15) is 0 Å². The van der Waals surface area contributed by atoms with Crippen molar-refractivity contribution in [2.24, 2.45) is 0 Å². The van der Waals surface area contributed by atoms with E-state index in [-0.39, 0.29) is 0 Å². The third kappa shape index (κ3) is 4.60. The molecular weight excluding hydrogens is 132 g/mol. The Balaban J connectivity index is 2.34. The van der Waals surface area contributed by atoms with Gasteiger partial charge in [-0.3, -0.25) is 0 Å². The molecule has 0 aliphatic heterocycles. The Morgan fingerprint density at radius 3 is 2.55 bits per heavy atom. The van der Waals surface area contributed by atoms with Crippen LogP contribution in [0.15, 0.2) is 30.4 Å². The van der Waals surface area contributed by atoms with Gasteiger partial charge in [0.05, 0.1) is 0 Å². The molecule has 1 aliphatic carbocycles. The summed E-state index contributed by atoms with van der Waals surface area (Å²) in [6.45, 7) is 0. The molecule has 1 radical (unpaired) electrons. The highest BCUT2D eigenvalue weighted by atomic mass is 13.9. The summed E-state index contributed by atoms with van der Waals surface area (Å²) in [5, 5.41) is 0. The first kappa shape index (κ1) is 8.32. The maximum atomic E-state index is 3.27. The van der Waals surface area contributed by atoms with Gasteiger partial charge in [-0.15, -0.1) is 0 Å². The minimum Gasteiger partial charge on any atom is -0.0879 e. The van der Waals surface area contributed by atoms with Crippen LogP contribution in [0.2, 0.25) is 0 Å². The highest BCUT2D eigenvalue weighted by molar-refractivity contribution is 4.95. The Labute approximate surface area is 69.3 Å². The molecule has 0 saturated heterocycles. The Bertz CT molecular complexity index is 143. The Hall–Kier alpha value is -0.780. The predicted octanol–water partition coefficient (Wildman–Crippen LogP) is 3.42. The molecule has 0 atom stereocenters. The van der Waals surface area contributed by atoms with Gasteiger partial charge >= 0.3 is 0 Å². The molecule has 0 aromatic heterocycles. The van der Waals surface area contributed by atoms with Gasteiger partial charge in [-0.05, 0) is 38.2 Å². The molecule has 59 valence electrons. The van der Waals surface area contributed by atoms with Gasteiger partial charge in [-0.1, -0.05) is 30.4 Å². The van der Waals surface area contributed by atoms with Gasteiger partial charge < -0.3 is 0 Å². The third-order valence-electron chi connectivity index (χ3n) is 1.68. The Morgan fingerprint density at radius 2 is 1.64 bits per heavy atom. The summed E-state index contributed by atoms with van der Waals surface area (Å²) < 4.78 is 0. The summed E-state index contributed by atoms with van der Waals surface area (Å²) in [5.74, 6) is 0. The van der Waals surface area contributed by atoms with Gasteiger partial charge in [-0.25, -0.2) is 0 Å². The summed E-state index contributed by atoms with van der Waals surface area (Å²) >= 11 is 0. The van der Waals surface area contributed by atoms with Crippen molar-refractivity contribution < 1.29 is 0 Å². The van der Waals surface area contributed by atoms with Crippen LogP contribution >= 0.6 is 0 Å². The number of hydrogen-bond donors (Lipinski definition) is 0. The first-order valence-corrected chi connectivity index (χ1v) is 4.35. The van der Waals surface area contributed by atoms with Crippen molar-refractivity contribution in [3.8, 4) is 0 Å². The normalized spacial score (nSPS) is 28.4. The fourth-order valence-corrected chi connectivity index (χ4v) is 1.06. The predicted molar refractivity (Wildman–Crippen MR) is 49.2 cm³/mol. The highest BCUT2D eigenvalue weighted by Crippen LogP contribution is 2.00. The first-order valence-electron chi connectivity index (χ1n) is 4.35. The fourth-order valence-electron chi connectivity index (χ4n) is 1.06. The lowest BCUT2D eigenvalue weighted by Crippen LogP contribution is -1.66. The van der Waals surface area contributed by atoms with E-state index in [0.29, 0.717) is 0 Å². The summed E-state index contributed by atoms with van der Waals surface area (Å²) in [5.41, 5.74) is 0. The van der Waals surface area contributed by atoms with Crippen molar-refractivity contribution in [3.05, 3.63) is 36.5 Å². The zero-order valence-electron chi connectivity index (χ0n) is 6.92. The molecule has 0 aromatic carbocycles. The van der Waals surface area contributed by atoms with E-state index in [1.54, 1.807) is 0 Å². The second-order valence-corrected chi connectivity index (χ2v) is 2.70. The average molecular weight is 147 g/mol. The molecule has 0 bridgehead atoms. The first-order chi connectivity index (χ1) is 5.50. The maximum Gasteiger partial charge on any atom is -0.0169 e. The van der Waals surface area contributed by atoms with Gasteiger partial charge in [-0.2, -0.15) is 0 Å². The van der Waals surface area contributed by atoms with Gasteiger partial charge in [0.15, 0.2) is 0 Å². The van der Waals surface area contributed by atoms with Crippen LogP contribution in [0.25, 0.3) is 0 Å². The van der Waals surface area contributed by atoms with E-state index in [1.807, 2.05) is 0 Å². The Morgan fingerprint density at radius 1 is 0.818 bits per heavy atom. The third-order valence-corrected chi connectivity index (χ3v) is 1.68. The van der Waals surface area contributed by atoms with E-state index in [2.05, 4.69) is 36.5 Å². The standard InChI is InChI=1S/C11H15/c1-2-4-6-8-10-11-9-7-5-3-1/h1-2,5,7-8H,3-4,6,9,11H2/b2-1-,7-5+,10-8?. The molecule has 0 aromatic rings. The van der Waals surface area contributed by atoms with Gasteiger partial charge in [0.25, 0.3) is 0 Å². The lowest BCUT2D eigenvalue weighted by molar-refractivity contribution is 0.986. The van der Waals surface area contributed by atoms with Crippen molar-refractivity contribution in [2.75, 3.05) is 0 Å². The zero-order valence-corrected chi connectivity index (χ0v) is 6.92. The largest absolute Gasteiger partial charge is 0.0879 e. The van der Waals surface area contributed by atoms with Crippen molar-refractivity contribution in [2.45, 2.75) is 32.1 Å². The molecule has 0 heteroatoms. The average Bonchev–Trinajstić information content (AvgIpc) is 2.08. The summed E-state index contributed by atoms with van der Waals surface area (Å²) in [6.07, 6.45) is 20.0. The lowest BCUT2D eigenvalue weighted by atomic mass is 10.2. The van der Waals surface area contributed by atoms with E-state index in [1.165, 1.54) is 6.42 Å². The summed E-state index contributed by atoms with van der Waals surface area (Å²) in [4.78, 5) is 0. The number of allylic oxidation sites excluding steroid dienone is 6. The zero-order chi connectivity index (χ0) is 7.78. The van der Waals surface area contributed by atoms with E-state index in [0.717, 1.165) is 25.7 Å². The summed E-state index contributed by atoms with van der Waals surface area (Å²) in [7, 11) is 0. The van der Waals surface area contributed by atoms with Crippen LogP contribution in [-0.2, 0) is 0 Å². The fraction of sp³-hybridized carbons (Fsp3) is 0.455. The van der Waals surface area contributed by atoms with Crippen LogP contribution in [0.1, 0.15) is 32.1 Å². The molecule has 0 saturated carbocycles. The van der Waals surface area contributed by atoms with Crippen LogP contribution < -0.4 is 0 Å². The second kappa shape index (κ2) is 5.96.